The lowest BCUT2D eigenvalue weighted by Gasteiger charge is -2.42. The number of rotatable bonds is 1. The Kier molecular flexibility index (Phi) is 4.30. The van der Waals surface area contributed by atoms with Gasteiger partial charge in [0.05, 0.1) is 11.8 Å². The number of likely N-dealkylation sites (tertiary alicyclic amines) is 1. The number of phenols is 1. The van der Waals surface area contributed by atoms with Crippen molar-refractivity contribution in [1.82, 2.24) is 4.90 Å². The summed E-state index contributed by atoms with van der Waals surface area (Å²) in [7, 11) is 0. The largest absolute Gasteiger partial charge is 0.508 e. The van der Waals surface area contributed by atoms with Crippen molar-refractivity contribution in [3.05, 3.63) is 64.3 Å². The number of hydrogen-bond donors (Lipinski definition) is 2. The molecule has 4 aliphatic rings. The van der Waals surface area contributed by atoms with Crippen molar-refractivity contribution < 1.29 is 29.1 Å². The zero-order valence-electron chi connectivity index (χ0n) is 17.2. The van der Waals surface area contributed by atoms with E-state index in [4.69, 9.17) is 5.73 Å². The van der Waals surface area contributed by atoms with Crippen LogP contribution in [-0.2, 0) is 19.2 Å². The molecular weight excluding hydrogens is 412 g/mol. The fourth-order valence-electron chi connectivity index (χ4n) is 5.65. The van der Waals surface area contributed by atoms with E-state index in [0.717, 1.165) is 5.57 Å². The van der Waals surface area contributed by atoms with Crippen LogP contribution in [0.15, 0.2) is 58.7 Å². The number of aromatic hydroxyl groups is 1. The van der Waals surface area contributed by atoms with Crippen molar-refractivity contribution in [3.63, 3.8) is 0 Å². The lowest BCUT2D eigenvalue weighted by molar-refractivity contribution is -0.136. The molecule has 4 unspecified atom stereocenters. The molecule has 8 heteroatoms. The molecule has 8 nitrogen and oxygen atoms in total. The summed E-state index contributed by atoms with van der Waals surface area (Å²) in [6.45, 7) is 1.58. The third kappa shape index (κ3) is 2.65. The predicted molar refractivity (Wildman–Crippen MR) is 111 cm³/mol. The summed E-state index contributed by atoms with van der Waals surface area (Å²) in [5.41, 5.74) is 7.80. The number of nitrogens with two attached hydrogens (primary N) is 1. The van der Waals surface area contributed by atoms with Crippen LogP contribution in [0.2, 0.25) is 0 Å². The Morgan fingerprint density at radius 3 is 2.41 bits per heavy atom. The van der Waals surface area contributed by atoms with Gasteiger partial charge in [0.1, 0.15) is 5.75 Å². The second-order valence-electron chi connectivity index (χ2n) is 8.67. The monoisotopic (exact) mass is 432 g/mol. The fraction of sp³-hybridized carbons (Fsp3) is 0.292. The van der Waals surface area contributed by atoms with E-state index in [1.54, 1.807) is 19.1 Å². The average molecular weight is 432 g/mol. The summed E-state index contributed by atoms with van der Waals surface area (Å²) in [5, 5.41) is 9.73. The molecule has 0 spiro atoms. The van der Waals surface area contributed by atoms with Gasteiger partial charge in [-0.15, -0.1) is 0 Å². The fourth-order valence-corrected chi connectivity index (χ4v) is 5.65. The number of amides is 4. The number of ketones is 2. The third-order valence-electron chi connectivity index (χ3n) is 7.01. The van der Waals surface area contributed by atoms with Crippen LogP contribution in [0, 0.1) is 17.8 Å². The highest BCUT2D eigenvalue weighted by Gasteiger charge is 2.57. The smallest absolute Gasteiger partial charge is 0.328 e. The topological polar surface area (TPSA) is 135 Å². The number of carbonyl (C=O) groups is 5. The van der Waals surface area contributed by atoms with Crippen LogP contribution >= 0.6 is 0 Å². The van der Waals surface area contributed by atoms with Crippen molar-refractivity contribution >= 4 is 29.4 Å². The Hall–Kier alpha value is -3.81. The Balaban J connectivity index is 1.69. The maximum Gasteiger partial charge on any atom is 0.328 e. The van der Waals surface area contributed by atoms with Gasteiger partial charge < -0.3 is 10.8 Å². The highest BCUT2D eigenvalue weighted by Crippen LogP contribution is 2.55. The first-order chi connectivity index (χ1) is 15.2. The molecule has 0 saturated carbocycles. The number of carbonyl (C=O) groups excluding carboxylic acids is 5. The molecule has 0 radical (unpaired) electrons. The predicted octanol–water partition coefficient (Wildman–Crippen LogP) is 1.90. The number of fused-ring (bicyclic) bond motifs is 3. The molecule has 1 aromatic rings. The quantitative estimate of drug-likeness (QED) is 0.395. The van der Waals surface area contributed by atoms with Gasteiger partial charge >= 0.3 is 6.03 Å². The van der Waals surface area contributed by atoms with Crippen LogP contribution in [0.4, 0.5) is 4.79 Å². The first-order valence-corrected chi connectivity index (χ1v) is 10.4. The number of imide groups is 3. The summed E-state index contributed by atoms with van der Waals surface area (Å²) >= 11 is 0. The number of nitrogens with zero attached hydrogens (tertiary/aromatic N) is 1. The van der Waals surface area contributed by atoms with E-state index in [9.17, 15) is 29.1 Å². The molecule has 1 aromatic carbocycles. The van der Waals surface area contributed by atoms with Gasteiger partial charge in [0, 0.05) is 22.6 Å². The van der Waals surface area contributed by atoms with Gasteiger partial charge in [0.2, 0.25) is 11.8 Å². The lowest BCUT2D eigenvalue weighted by atomic mass is 9.59. The van der Waals surface area contributed by atoms with Gasteiger partial charge in [0.15, 0.2) is 11.6 Å². The van der Waals surface area contributed by atoms with Crippen LogP contribution in [0.1, 0.15) is 31.2 Å². The van der Waals surface area contributed by atoms with E-state index in [1.165, 1.54) is 18.2 Å². The molecule has 1 heterocycles. The Labute approximate surface area is 183 Å². The SMILES string of the molecule is CC1=CC(=O)C2=C(CC3C(=CCC4C(=O)N(C(N)=O)C(=O)C43)C2c2ccc(O)cc2)C1=O. The second-order valence-corrected chi connectivity index (χ2v) is 8.67. The standard InChI is InChI=1S/C24H20N2O6/c1-10-8-17(28)20-16(21(10)29)9-15-13(18(20)11-2-4-12(27)5-3-11)6-7-14-19(15)23(31)26(22(14)30)24(25)32/h2-6,8,14-15,18-19,27H,7,9H2,1H3,(H2,25,32). The van der Waals surface area contributed by atoms with E-state index in [-0.39, 0.29) is 30.2 Å². The number of allylic oxidation sites excluding steroid dienone is 6. The van der Waals surface area contributed by atoms with Crippen LogP contribution in [0.5, 0.6) is 5.75 Å². The Bertz CT molecular complexity index is 1220. The summed E-state index contributed by atoms with van der Waals surface area (Å²) in [5.74, 6) is -4.38. The molecule has 162 valence electrons. The first kappa shape index (κ1) is 20.1. The van der Waals surface area contributed by atoms with Crippen molar-refractivity contribution in [2.75, 3.05) is 0 Å². The van der Waals surface area contributed by atoms with Crippen LogP contribution < -0.4 is 5.73 Å². The van der Waals surface area contributed by atoms with E-state index in [0.29, 0.717) is 27.2 Å². The molecule has 4 amide bonds. The number of urea groups is 1. The molecular formula is C24H20N2O6. The van der Waals surface area contributed by atoms with Crippen molar-refractivity contribution in [2.24, 2.45) is 23.5 Å². The summed E-state index contributed by atoms with van der Waals surface area (Å²) in [4.78, 5) is 64.1. The van der Waals surface area contributed by atoms with E-state index < -0.39 is 41.5 Å². The van der Waals surface area contributed by atoms with Crippen LogP contribution in [0.3, 0.4) is 0 Å². The van der Waals surface area contributed by atoms with E-state index in [2.05, 4.69) is 0 Å². The normalized spacial score (nSPS) is 29.3. The Morgan fingerprint density at radius 2 is 1.75 bits per heavy atom. The first-order valence-electron chi connectivity index (χ1n) is 10.4. The molecule has 1 saturated heterocycles. The minimum absolute atomic E-state index is 0.0588. The zero-order valence-corrected chi connectivity index (χ0v) is 17.2. The number of Topliss-reactive ketones (excluding diaryl/α,β-unsaturated/α-hetero) is 1. The second kappa shape index (κ2) is 6.85. The summed E-state index contributed by atoms with van der Waals surface area (Å²) < 4.78 is 0. The molecule has 1 aliphatic heterocycles. The third-order valence-corrected chi connectivity index (χ3v) is 7.01. The van der Waals surface area contributed by atoms with Gasteiger partial charge in [0.25, 0.3) is 0 Å². The van der Waals surface area contributed by atoms with E-state index >= 15 is 0 Å². The number of benzene rings is 1. The van der Waals surface area contributed by atoms with Gasteiger partial charge in [-0.25, -0.2) is 4.79 Å². The zero-order chi connectivity index (χ0) is 22.9. The van der Waals surface area contributed by atoms with Crippen LogP contribution in [0.25, 0.3) is 0 Å². The number of hydrogen-bond acceptors (Lipinski definition) is 6. The maximum absolute atomic E-state index is 13.1. The minimum Gasteiger partial charge on any atom is -0.508 e. The molecule has 3 N–H and O–H groups in total. The molecule has 1 fully saturated rings. The molecule has 4 atom stereocenters. The molecule has 5 rings (SSSR count). The van der Waals surface area contributed by atoms with Gasteiger partial charge in [-0.2, -0.15) is 4.90 Å². The van der Waals surface area contributed by atoms with Gasteiger partial charge in [-0.3, -0.25) is 19.2 Å². The van der Waals surface area contributed by atoms with Gasteiger partial charge in [-0.1, -0.05) is 23.8 Å². The minimum atomic E-state index is -1.11. The number of primary amides is 1. The Morgan fingerprint density at radius 1 is 1.06 bits per heavy atom. The average Bonchev–Trinajstić information content (AvgIpc) is 3.01. The highest BCUT2D eigenvalue weighted by molar-refractivity contribution is 6.24. The molecule has 3 aliphatic carbocycles. The van der Waals surface area contributed by atoms with Crippen LogP contribution in [-0.4, -0.2) is 39.4 Å². The summed E-state index contributed by atoms with van der Waals surface area (Å²) in [6.07, 6.45) is 3.56. The maximum atomic E-state index is 13.1. The van der Waals surface area contributed by atoms with Crippen molar-refractivity contribution in [2.45, 2.75) is 25.7 Å². The van der Waals surface area contributed by atoms with Crippen molar-refractivity contribution in [1.29, 1.82) is 0 Å². The number of phenolic OH excluding ortho intramolecular Hbond substituents is 1. The summed E-state index contributed by atoms with van der Waals surface area (Å²) in [6, 6.07) is 5.26. The molecule has 0 bridgehead atoms. The molecule has 0 aromatic heterocycles. The van der Waals surface area contributed by atoms with Crippen molar-refractivity contribution in [3.8, 4) is 5.75 Å². The van der Waals surface area contributed by atoms with Gasteiger partial charge in [-0.05, 0) is 49.5 Å². The lowest BCUT2D eigenvalue weighted by Crippen LogP contribution is -2.42. The van der Waals surface area contributed by atoms with E-state index in [1.807, 2.05) is 6.08 Å². The molecule has 32 heavy (non-hydrogen) atoms. The highest BCUT2D eigenvalue weighted by atomic mass is 16.3.